The topological polar surface area (TPSA) is 46.2 Å². The third-order valence-corrected chi connectivity index (χ3v) is 1.86. The SMILES string of the molecule is CCC[C@@H](O)c1cccc(N)c1. The Kier molecular flexibility index (Phi) is 3.11. The van der Waals surface area contributed by atoms with Crippen molar-refractivity contribution in [2.24, 2.45) is 0 Å². The number of aliphatic hydroxyl groups excluding tert-OH is 1. The molecular weight excluding hydrogens is 150 g/mol. The first-order valence-electron chi connectivity index (χ1n) is 4.27. The first-order valence-corrected chi connectivity index (χ1v) is 4.27. The average Bonchev–Trinajstić information content (AvgIpc) is 2.05. The van der Waals surface area contributed by atoms with Crippen LogP contribution < -0.4 is 5.73 Å². The molecule has 0 radical (unpaired) electrons. The predicted molar refractivity (Wildman–Crippen MR) is 50.7 cm³/mol. The predicted octanol–water partition coefficient (Wildman–Crippen LogP) is 2.10. The number of anilines is 1. The van der Waals surface area contributed by atoms with Gasteiger partial charge in [0.2, 0.25) is 0 Å². The largest absolute Gasteiger partial charge is 0.399 e. The summed E-state index contributed by atoms with van der Waals surface area (Å²) in [5.74, 6) is 0. The summed E-state index contributed by atoms with van der Waals surface area (Å²) >= 11 is 0. The molecule has 1 aromatic carbocycles. The lowest BCUT2D eigenvalue weighted by atomic mass is 10.1. The van der Waals surface area contributed by atoms with Gasteiger partial charge in [0.15, 0.2) is 0 Å². The van der Waals surface area contributed by atoms with E-state index < -0.39 is 0 Å². The van der Waals surface area contributed by atoms with E-state index in [0.717, 1.165) is 18.4 Å². The van der Waals surface area contributed by atoms with Gasteiger partial charge in [0.1, 0.15) is 0 Å². The molecule has 0 bridgehead atoms. The van der Waals surface area contributed by atoms with Crippen molar-refractivity contribution >= 4 is 5.69 Å². The van der Waals surface area contributed by atoms with Crippen molar-refractivity contribution in [1.82, 2.24) is 0 Å². The lowest BCUT2D eigenvalue weighted by Crippen LogP contribution is -1.97. The van der Waals surface area contributed by atoms with Crippen LogP contribution in [0.15, 0.2) is 24.3 Å². The minimum absolute atomic E-state index is 0.363. The Hall–Kier alpha value is -1.02. The standard InChI is InChI=1S/C10H15NO/c1-2-4-10(12)8-5-3-6-9(11)7-8/h3,5-7,10,12H,2,4,11H2,1H3/t10-/m1/s1. The molecule has 0 spiro atoms. The fourth-order valence-corrected chi connectivity index (χ4v) is 1.21. The van der Waals surface area contributed by atoms with E-state index in [9.17, 15) is 5.11 Å². The third kappa shape index (κ3) is 2.24. The highest BCUT2D eigenvalue weighted by atomic mass is 16.3. The van der Waals surface area contributed by atoms with Crippen LogP contribution in [0.3, 0.4) is 0 Å². The van der Waals surface area contributed by atoms with Crippen molar-refractivity contribution in [2.45, 2.75) is 25.9 Å². The van der Waals surface area contributed by atoms with Crippen molar-refractivity contribution in [1.29, 1.82) is 0 Å². The van der Waals surface area contributed by atoms with Crippen LogP contribution in [0.25, 0.3) is 0 Å². The summed E-state index contributed by atoms with van der Waals surface area (Å²) in [7, 11) is 0. The molecule has 0 aromatic heterocycles. The summed E-state index contributed by atoms with van der Waals surface area (Å²) in [6.45, 7) is 2.05. The van der Waals surface area contributed by atoms with Gasteiger partial charge in [-0.25, -0.2) is 0 Å². The zero-order valence-corrected chi connectivity index (χ0v) is 7.33. The molecule has 0 amide bonds. The molecule has 3 N–H and O–H groups in total. The highest BCUT2D eigenvalue weighted by Gasteiger charge is 2.04. The van der Waals surface area contributed by atoms with Crippen LogP contribution in [0.5, 0.6) is 0 Å². The maximum absolute atomic E-state index is 9.59. The molecule has 0 aliphatic carbocycles. The zero-order chi connectivity index (χ0) is 8.97. The molecule has 1 aromatic rings. The van der Waals surface area contributed by atoms with Gasteiger partial charge in [-0.15, -0.1) is 0 Å². The molecule has 0 saturated heterocycles. The number of hydrogen-bond acceptors (Lipinski definition) is 2. The lowest BCUT2D eigenvalue weighted by Gasteiger charge is -2.09. The van der Waals surface area contributed by atoms with Crippen LogP contribution in [0.4, 0.5) is 5.69 Å². The Morgan fingerprint density at radius 3 is 2.83 bits per heavy atom. The molecule has 0 fully saturated rings. The van der Waals surface area contributed by atoms with E-state index in [-0.39, 0.29) is 6.10 Å². The molecule has 2 nitrogen and oxygen atoms in total. The van der Waals surface area contributed by atoms with Crippen LogP contribution in [-0.2, 0) is 0 Å². The van der Waals surface area contributed by atoms with Crippen LogP contribution in [0.1, 0.15) is 31.4 Å². The molecular formula is C10H15NO. The first kappa shape index (κ1) is 9.07. The van der Waals surface area contributed by atoms with Crippen LogP contribution in [-0.4, -0.2) is 5.11 Å². The smallest absolute Gasteiger partial charge is 0.0790 e. The lowest BCUT2D eigenvalue weighted by molar-refractivity contribution is 0.166. The average molecular weight is 165 g/mol. The van der Waals surface area contributed by atoms with E-state index >= 15 is 0 Å². The second-order valence-corrected chi connectivity index (χ2v) is 2.97. The van der Waals surface area contributed by atoms with Gasteiger partial charge in [0.25, 0.3) is 0 Å². The molecule has 0 saturated carbocycles. The monoisotopic (exact) mass is 165 g/mol. The number of nitrogen functional groups attached to an aromatic ring is 1. The second kappa shape index (κ2) is 4.12. The van der Waals surface area contributed by atoms with E-state index in [1.165, 1.54) is 0 Å². The van der Waals surface area contributed by atoms with Gasteiger partial charge in [-0.1, -0.05) is 25.5 Å². The van der Waals surface area contributed by atoms with Crippen molar-refractivity contribution < 1.29 is 5.11 Å². The number of hydrogen-bond donors (Lipinski definition) is 2. The minimum Gasteiger partial charge on any atom is -0.399 e. The van der Waals surface area contributed by atoms with Crippen LogP contribution in [0.2, 0.25) is 0 Å². The summed E-state index contributed by atoms with van der Waals surface area (Å²) in [5.41, 5.74) is 7.21. The molecule has 0 unspecified atom stereocenters. The van der Waals surface area contributed by atoms with E-state index in [1.807, 2.05) is 24.3 Å². The normalized spacial score (nSPS) is 12.8. The van der Waals surface area contributed by atoms with Crippen molar-refractivity contribution in [3.05, 3.63) is 29.8 Å². The quantitative estimate of drug-likeness (QED) is 0.674. The van der Waals surface area contributed by atoms with Gasteiger partial charge in [-0.05, 0) is 24.1 Å². The number of benzene rings is 1. The van der Waals surface area contributed by atoms with E-state index in [4.69, 9.17) is 5.73 Å². The molecule has 0 heterocycles. The van der Waals surface area contributed by atoms with Gasteiger partial charge < -0.3 is 10.8 Å². The summed E-state index contributed by atoms with van der Waals surface area (Å²) in [6.07, 6.45) is 1.41. The van der Waals surface area contributed by atoms with Gasteiger partial charge in [-0.3, -0.25) is 0 Å². The van der Waals surface area contributed by atoms with Crippen molar-refractivity contribution in [2.75, 3.05) is 5.73 Å². The Morgan fingerprint density at radius 1 is 1.50 bits per heavy atom. The van der Waals surface area contributed by atoms with Crippen LogP contribution >= 0.6 is 0 Å². The van der Waals surface area contributed by atoms with Gasteiger partial charge >= 0.3 is 0 Å². The molecule has 1 rings (SSSR count). The highest BCUT2D eigenvalue weighted by Crippen LogP contribution is 2.19. The van der Waals surface area contributed by atoms with Gasteiger partial charge in [0, 0.05) is 5.69 Å². The summed E-state index contributed by atoms with van der Waals surface area (Å²) in [6, 6.07) is 7.41. The molecule has 2 heteroatoms. The zero-order valence-electron chi connectivity index (χ0n) is 7.33. The Morgan fingerprint density at radius 2 is 2.25 bits per heavy atom. The molecule has 0 aliphatic heterocycles. The van der Waals surface area contributed by atoms with Crippen molar-refractivity contribution in [3.8, 4) is 0 Å². The molecule has 1 atom stereocenters. The fraction of sp³-hybridized carbons (Fsp3) is 0.400. The number of aliphatic hydroxyl groups is 1. The second-order valence-electron chi connectivity index (χ2n) is 2.97. The van der Waals surface area contributed by atoms with Gasteiger partial charge in [-0.2, -0.15) is 0 Å². The maximum atomic E-state index is 9.59. The Bertz CT molecular complexity index is 247. The van der Waals surface area contributed by atoms with E-state index in [2.05, 4.69) is 6.92 Å². The maximum Gasteiger partial charge on any atom is 0.0790 e. The molecule has 0 aliphatic rings. The fourth-order valence-electron chi connectivity index (χ4n) is 1.21. The van der Waals surface area contributed by atoms with Crippen LogP contribution in [0, 0.1) is 0 Å². The molecule has 66 valence electrons. The third-order valence-electron chi connectivity index (χ3n) is 1.86. The summed E-state index contributed by atoms with van der Waals surface area (Å²) < 4.78 is 0. The Labute approximate surface area is 73.0 Å². The van der Waals surface area contributed by atoms with E-state index in [0.29, 0.717) is 5.69 Å². The van der Waals surface area contributed by atoms with Gasteiger partial charge in [0.05, 0.1) is 6.10 Å². The first-order chi connectivity index (χ1) is 5.74. The summed E-state index contributed by atoms with van der Waals surface area (Å²) in [4.78, 5) is 0. The van der Waals surface area contributed by atoms with Crippen molar-refractivity contribution in [3.63, 3.8) is 0 Å². The molecule has 12 heavy (non-hydrogen) atoms. The summed E-state index contributed by atoms with van der Waals surface area (Å²) in [5, 5.41) is 9.59. The Balaban J connectivity index is 2.73. The highest BCUT2D eigenvalue weighted by molar-refractivity contribution is 5.41. The number of rotatable bonds is 3. The number of nitrogens with two attached hydrogens (primary N) is 1. The minimum atomic E-state index is -0.363. The van der Waals surface area contributed by atoms with E-state index in [1.54, 1.807) is 0 Å².